The van der Waals surface area contributed by atoms with Gasteiger partial charge in [0.1, 0.15) is 5.75 Å². The Morgan fingerprint density at radius 1 is 1.10 bits per heavy atom. The zero-order valence-corrected chi connectivity index (χ0v) is 17.6. The molecule has 0 bridgehead atoms. The first-order valence-corrected chi connectivity index (χ1v) is 11.5. The Morgan fingerprint density at radius 2 is 1.90 bits per heavy atom. The molecule has 0 amide bonds. The number of para-hydroxylation sites is 1. The molecule has 158 valence electrons. The first-order chi connectivity index (χ1) is 14.1. The summed E-state index contributed by atoms with van der Waals surface area (Å²) in [5, 5.41) is 11.3. The number of aromatic nitrogens is 1. The van der Waals surface area contributed by atoms with Crippen molar-refractivity contribution in [2.24, 2.45) is 5.92 Å². The summed E-state index contributed by atoms with van der Waals surface area (Å²) in [5.41, 5.74) is 1.35. The van der Waals surface area contributed by atoms with E-state index in [2.05, 4.69) is 17.1 Å². The van der Waals surface area contributed by atoms with Crippen LogP contribution in [0.4, 0.5) is 0 Å². The summed E-state index contributed by atoms with van der Waals surface area (Å²) in [4.78, 5) is 21.9. The van der Waals surface area contributed by atoms with E-state index in [4.69, 9.17) is 19.0 Å². The smallest absolute Gasteiger partial charge is 0.327 e. The maximum absolute atomic E-state index is 10.5. The van der Waals surface area contributed by atoms with Crippen molar-refractivity contribution in [3.8, 4) is 11.6 Å². The van der Waals surface area contributed by atoms with E-state index in [1.54, 1.807) is 0 Å². The minimum atomic E-state index is -2.34. The van der Waals surface area contributed by atoms with Crippen molar-refractivity contribution in [3.05, 3.63) is 42.0 Å². The SMILES string of the molecule is Oc1nc2ccccc2c(OCCCOP(O)O)c1C/C=C/CCC1CCCC1. The average Bonchev–Trinajstić information content (AvgIpc) is 3.22. The Kier molecular flexibility index (Phi) is 8.69. The van der Waals surface area contributed by atoms with Gasteiger partial charge in [-0.2, -0.15) is 0 Å². The summed E-state index contributed by atoms with van der Waals surface area (Å²) in [5.74, 6) is 1.49. The fourth-order valence-electron chi connectivity index (χ4n) is 3.89. The highest BCUT2D eigenvalue weighted by Crippen LogP contribution is 2.35. The molecular formula is C22H30NO5P. The number of ether oxygens (including phenoxy) is 1. The van der Waals surface area contributed by atoms with Crippen LogP contribution in [0.3, 0.4) is 0 Å². The number of rotatable bonds is 11. The van der Waals surface area contributed by atoms with E-state index in [0.29, 0.717) is 36.3 Å². The molecule has 29 heavy (non-hydrogen) atoms. The fourth-order valence-corrected chi connectivity index (χ4v) is 4.18. The van der Waals surface area contributed by atoms with Crippen molar-refractivity contribution >= 4 is 19.5 Å². The van der Waals surface area contributed by atoms with Gasteiger partial charge in [-0.3, -0.25) is 0 Å². The van der Waals surface area contributed by atoms with Gasteiger partial charge < -0.3 is 24.2 Å². The van der Waals surface area contributed by atoms with Crippen molar-refractivity contribution in [1.82, 2.24) is 4.98 Å². The number of aromatic hydroxyl groups is 1. The van der Waals surface area contributed by atoms with Gasteiger partial charge in [0.2, 0.25) is 5.88 Å². The number of pyridine rings is 1. The topological polar surface area (TPSA) is 92.0 Å². The van der Waals surface area contributed by atoms with Gasteiger partial charge in [-0.05, 0) is 37.3 Å². The highest BCUT2D eigenvalue weighted by Gasteiger charge is 2.16. The monoisotopic (exact) mass is 419 g/mol. The molecule has 0 aliphatic heterocycles. The standard InChI is InChI=1S/C22H30NO5P/c24-22-19(13-3-1-2-9-17-10-4-5-11-17)21(27-15-8-16-28-29(25)26)18-12-6-7-14-20(18)23-22/h1,3,6-7,12,14,17,25-26H,2,4-5,8-11,13,15-16H2,(H,23,24)/b3-1+. The molecule has 1 aromatic carbocycles. The van der Waals surface area contributed by atoms with Crippen LogP contribution in [0.15, 0.2) is 36.4 Å². The minimum absolute atomic E-state index is 0.00960. The molecule has 0 atom stereocenters. The lowest BCUT2D eigenvalue weighted by Gasteiger charge is -2.15. The highest BCUT2D eigenvalue weighted by atomic mass is 31.2. The molecule has 2 aromatic rings. The normalized spacial score (nSPS) is 15.1. The van der Waals surface area contributed by atoms with Crippen molar-refractivity contribution in [1.29, 1.82) is 0 Å². The molecule has 1 heterocycles. The molecule has 3 rings (SSSR count). The van der Waals surface area contributed by atoms with Crippen LogP contribution in [0.2, 0.25) is 0 Å². The van der Waals surface area contributed by atoms with E-state index in [9.17, 15) is 5.11 Å². The second-order valence-corrected chi connectivity index (χ2v) is 8.22. The van der Waals surface area contributed by atoms with Crippen molar-refractivity contribution < 1.29 is 24.2 Å². The van der Waals surface area contributed by atoms with Gasteiger partial charge in [0, 0.05) is 11.8 Å². The molecule has 1 aromatic heterocycles. The number of hydrogen-bond donors (Lipinski definition) is 3. The number of nitrogens with zero attached hydrogens (tertiary/aromatic N) is 1. The van der Waals surface area contributed by atoms with Crippen LogP contribution in [-0.4, -0.2) is 33.1 Å². The Morgan fingerprint density at radius 3 is 2.69 bits per heavy atom. The van der Waals surface area contributed by atoms with Crippen LogP contribution in [-0.2, 0) is 10.9 Å². The minimum Gasteiger partial charge on any atom is -0.493 e. The Bertz CT molecular complexity index is 805. The van der Waals surface area contributed by atoms with Gasteiger partial charge in [0.25, 0.3) is 0 Å². The molecule has 0 unspecified atom stereocenters. The third-order valence-electron chi connectivity index (χ3n) is 5.37. The maximum Gasteiger partial charge on any atom is 0.327 e. The molecule has 1 saturated carbocycles. The summed E-state index contributed by atoms with van der Waals surface area (Å²) in [6, 6.07) is 7.57. The van der Waals surface area contributed by atoms with Crippen LogP contribution in [0.25, 0.3) is 10.9 Å². The van der Waals surface area contributed by atoms with Gasteiger partial charge >= 0.3 is 8.60 Å². The van der Waals surface area contributed by atoms with Crippen LogP contribution in [0.1, 0.15) is 50.5 Å². The second kappa shape index (κ2) is 11.5. The van der Waals surface area contributed by atoms with Crippen LogP contribution < -0.4 is 4.74 Å². The largest absolute Gasteiger partial charge is 0.493 e. The Hall–Kier alpha value is -1.72. The fraction of sp³-hybridized carbons (Fsp3) is 0.500. The quantitative estimate of drug-likeness (QED) is 0.269. The lowest BCUT2D eigenvalue weighted by atomic mass is 10.0. The molecule has 1 aliphatic carbocycles. The van der Waals surface area contributed by atoms with E-state index in [1.807, 2.05) is 24.3 Å². The van der Waals surface area contributed by atoms with Gasteiger partial charge in [-0.1, -0.05) is 50.0 Å². The van der Waals surface area contributed by atoms with Gasteiger partial charge in [0.05, 0.1) is 24.3 Å². The maximum atomic E-state index is 10.5. The summed E-state index contributed by atoms with van der Waals surface area (Å²) in [7, 11) is -2.34. The van der Waals surface area contributed by atoms with Crippen molar-refractivity contribution in [3.63, 3.8) is 0 Å². The van der Waals surface area contributed by atoms with Gasteiger partial charge in [-0.25, -0.2) is 4.98 Å². The van der Waals surface area contributed by atoms with Crippen LogP contribution in [0.5, 0.6) is 11.6 Å². The van der Waals surface area contributed by atoms with E-state index in [0.717, 1.165) is 17.7 Å². The highest BCUT2D eigenvalue weighted by molar-refractivity contribution is 7.39. The van der Waals surface area contributed by atoms with Crippen molar-refractivity contribution in [2.75, 3.05) is 13.2 Å². The molecule has 0 saturated heterocycles. The Balaban J connectivity index is 1.66. The number of benzene rings is 1. The third kappa shape index (κ3) is 6.65. The van der Waals surface area contributed by atoms with Crippen LogP contribution in [0, 0.1) is 5.92 Å². The molecule has 7 heteroatoms. The first kappa shape index (κ1) is 22.0. The van der Waals surface area contributed by atoms with E-state index in [-0.39, 0.29) is 12.5 Å². The zero-order valence-electron chi connectivity index (χ0n) is 16.7. The molecule has 0 radical (unpaired) electrons. The first-order valence-electron chi connectivity index (χ1n) is 10.3. The molecule has 1 aliphatic rings. The molecule has 1 fully saturated rings. The summed E-state index contributed by atoms with van der Waals surface area (Å²) in [6.07, 6.45) is 13.1. The summed E-state index contributed by atoms with van der Waals surface area (Å²) < 4.78 is 10.8. The number of hydrogen-bond acceptors (Lipinski definition) is 6. The average molecular weight is 419 g/mol. The van der Waals surface area contributed by atoms with E-state index < -0.39 is 8.60 Å². The van der Waals surface area contributed by atoms with Crippen molar-refractivity contribution in [2.45, 2.75) is 51.4 Å². The predicted octanol–water partition coefficient (Wildman–Crippen LogP) is 5.01. The van der Waals surface area contributed by atoms with Crippen LogP contribution >= 0.6 is 8.60 Å². The molecule has 3 N–H and O–H groups in total. The van der Waals surface area contributed by atoms with Gasteiger partial charge in [-0.15, -0.1) is 0 Å². The number of allylic oxidation sites excluding steroid dienone is 2. The Labute approximate surface area is 173 Å². The molecule has 0 spiro atoms. The second-order valence-electron chi connectivity index (χ2n) is 7.45. The summed E-state index contributed by atoms with van der Waals surface area (Å²) in [6.45, 7) is 0.541. The summed E-state index contributed by atoms with van der Waals surface area (Å²) >= 11 is 0. The lowest BCUT2D eigenvalue weighted by Crippen LogP contribution is -2.05. The molecule has 6 nitrogen and oxygen atoms in total. The van der Waals surface area contributed by atoms with E-state index in [1.165, 1.54) is 32.1 Å². The zero-order chi connectivity index (χ0) is 20.5. The van der Waals surface area contributed by atoms with Gasteiger partial charge in [0.15, 0.2) is 0 Å². The third-order valence-corrected chi connectivity index (χ3v) is 5.78. The lowest BCUT2D eigenvalue weighted by molar-refractivity contribution is 0.220. The molecular weight excluding hydrogens is 389 g/mol. The van der Waals surface area contributed by atoms with E-state index >= 15 is 0 Å². The number of fused-ring (bicyclic) bond motifs is 1. The predicted molar refractivity (Wildman–Crippen MR) is 115 cm³/mol.